The number of benzene rings is 1. The monoisotopic (exact) mass is 224 g/mol. The van der Waals surface area contributed by atoms with Crippen molar-refractivity contribution in [2.24, 2.45) is 0 Å². The summed E-state index contributed by atoms with van der Waals surface area (Å²) in [5, 5.41) is 20.0. The molecule has 0 aromatic heterocycles. The molecular formula is C13H22NO2+. The van der Waals surface area contributed by atoms with Gasteiger partial charge >= 0.3 is 0 Å². The van der Waals surface area contributed by atoms with Crippen molar-refractivity contribution in [2.45, 2.75) is 31.9 Å². The van der Waals surface area contributed by atoms with E-state index in [1.54, 1.807) is 0 Å². The molecule has 0 aliphatic rings. The molecule has 1 aromatic rings. The van der Waals surface area contributed by atoms with Gasteiger partial charge < -0.3 is 15.5 Å². The highest BCUT2D eigenvalue weighted by molar-refractivity contribution is 5.14. The van der Waals surface area contributed by atoms with Crippen LogP contribution in [0.3, 0.4) is 0 Å². The zero-order chi connectivity index (χ0) is 11.8. The summed E-state index contributed by atoms with van der Waals surface area (Å²) in [6, 6.07) is 10.9. The third-order valence-corrected chi connectivity index (χ3v) is 2.75. The quantitative estimate of drug-likeness (QED) is 0.607. The van der Waals surface area contributed by atoms with Gasteiger partial charge in [-0.2, -0.15) is 0 Å². The Balaban J connectivity index is 2.18. The predicted octanol–water partition coefficient (Wildman–Crippen LogP) is -0.0757. The van der Waals surface area contributed by atoms with Crippen LogP contribution in [0.15, 0.2) is 30.3 Å². The molecule has 1 rings (SSSR count). The van der Waals surface area contributed by atoms with Gasteiger partial charge in [0.1, 0.15) is 12.6 Å². The number of aliphatic hydroxyl groups excluding tert-OH is 2. The third kappa shape index (κ3) is 5.26. The Morgan fingerprint density at radius 3 is 2.56 bits per heavy atom. The smallest absolute Gasteiger partial charge is 0.126 e. The molecule has 0 saturated heterocycles. The van der Waals surface area contributed by atoms with Gasteiger partial charge in [0.15, 0.2) is 0 Å². The fourth-order valence-electron chi connectivity index (χ4n) is 1.62. The highest BCUT2D eigenvalue weighted by Crippen LogP contribution is 2.02. The first-order valence-electron chi connectivity index (χ1n) is 5.88. The van der Waals surface area contributed by atoms with Crippen molar-refractivity contribution in [3.8, 4) is 0 Å². The van der Waals surface area contributed by atoms with E-state index < -0.39 is 6.10 Å². The van der Waals surface area contributed by atoms with Crippen molar-refractivity contribution in [1.82, 2.24) is 0 Å². The number of nitrogens with two attached hydrogens (primary N) is 1. The maximum absolute atomic E-state index is 9.21. The van der Waals surface area contributed by atoms with Crippen LogP contribution in [0, 0.1) is 0 Å². The van der Waals surface area contributed by atoms with E-state index in [2.05, 4.69) is 36.5 Å². The average Bonchev–Trinajstić information content (AvgIpc) is 2.34. The third-order valence-electron chi connectivity index (χ3n) is 2.75. The number of aliphatic hydroxyl groups is 2. The lowest BCUT2D eigenvalue weighted by Gasteiger charge is -2.12. The van der Waals surface area contributed by atoms with Crippen molar-refractivity contribution >= 4 is 0 Å². The molecule has 1 aromatic carbocycles. The zero-order valence-electron chi connectivity index (χ0n) is 9.84. The van der Waals surface area contributed by atoms with E-state index in [1.165, 1.54) is 5.56 Å². The van der Waals surface area contributed by atoms with Gasteiger partial charge in [-0.3, -0.25) is 0 Å². The summed E-state index contributed by atoms with van der Waals surface area (Å²) in [6.45, 7) is 2.57. The fourth-order valence-corrected chi connectivity index (χ4v) is 1.62. The maximum atomic E-state index is 9.21. The van der Waals surface area contributed by atoms with E-state index in [0.717, 1.165) is 12.8 Å². The molecule has 0 heterocycles. The van der Waals surface area contributed by atoms with E-state index in [1.807, 2.05) is 6.07 Å². The Bertz CT molecular complexity index is 277. The molecule has 0 unspecified atom stereocenters. The predicted molar refractivity (Wildman–Crippen MR) is 64.1 cm³/mol. The van der Waals surface area contributed by atoms with E-state index >= 15 is 0 Å². The van der Waals surface area contributed by atoms with Crippen molar-refractivity contribution in [3.63, 3.8) is 0 Å². The van der Waals surface area contributed by atoms with E-state index in [0.29, 0.717) is 12.6 Å². The number of aryl methyl sites for hydroxylation is 1. The van der Waals surface area contributed by atoms with Crippen molar-refractivity contribution in [1.29, 1.82) is 0 Å². The number of rotatable bonds is 7. The lowest BCUT2D eigenvalue weighted by molar-refractivity contribution is -0.692. The molecule has 0 amide bonds. The Labute approximate surface area is 97.1 Å². The first-order chi connectivity index (χ1) is 7.72. The summed E-state index contributed by atoms with van der Waals surface area (Å²) in [7, 11) is 0. The number of hydrogen-bond acceptors (Lipinski definition) is 2. The molecule has 0 saturated carbocycles. The van der Waals surface area contributed by atoms with E-state index in [9.17, 15) is 5.11 Å². The van der Waals surface area contributed by atoms with Crippen LogP contribution in [0.25, 0.3) is 0 Å². The Morgan fingerprint density at radius 2 is 1.94 bits per heavy atom. The van der Waals surface area contributed by atoms with Crippen molar-refractivity contribution in [2.75, 3.05) is 13.2 Å². The Kier molecular flexibility index (Phi) is 6.08. The summed E-state index contributed by atoms with van der Waals surface area (Å²) in [6.07, 6.45) is 1.55. The second kappa shape index (κ2) is 7.39. The lowest BCUT2D eigenvalue weighted by atomic mass is 10.1. The number of hydrogen-bond donors (Lipinski definition) is 3. The van der Waals surface area contributed by atoms with Gasteiger partial charge in [0.2, 0.25) is 0 Å². The summed E-state index contributed by atoms with van der Waals surface area (Å²) in [4.78, 5) is 0. The molecule has 0 aliphatic carbocycles. The topological polar surface area (TPSA) is 57.1 Å². The van der Waals surface area contributed by atoms with Gasteiger partial charge in [0.25, 0.3) is 0 Å². The van der Waals surface area contributed by atoms with Gasteiger partial charge in [0, 0.05) is 6.42 Å². The van der Waals surface area contributed by atoms with Gasteiger partial charge in [-0.05, 0) is 18.9 Å². The van der Waals surface area contributed by atoms with Crippen LogP contribution in [0.5, 0.6) is 0 Å². The maximum Gasteiger partial charge on any atom is 0.126 e. The second-order valence-corrected chi connectivity index (χ2v) is 4.31. The molecule has 0 bridgehead atoms. The molecule has 16 heavy (non-hydrogen) atoms. The Morgan fingerprint density at radius 1 is 1.25 bits per heavy atom. The van der Waals surface area contributed by atoms with Gasteiger partial charge in [0.05, 0.1) is 12.6 Å². The normalized spacial score (nSPS) is 14.7. The zero-order valence-corrected chi connectivity index (χ0v) is 9.84. The standard InChI is InChI=1S/C13H21NO2/c1-11(14-9-13(16)10-15)7-8-12-5-3-2-4-6-12/h2-6,11,13-16H,7-10H2,1H3/p+1/t11-,13+/m0/s1. The number of quaternary nitrogens is 1. The first kappa shape index (κ1) is 13.2. The first-order valence-corrected chi connectivity index (χ1v) is 5.88. The molecule has 3 nitrogen and oxygen atoms in total. The van der Waals surface area contributed by atoms with E-state index in [4.69, 9.17) is 5.11 Å². The van der Waals surface area contributed by atoms with Crippen LogP contribution in [0.4, 0.5) is 0 Å². The fraction of sp³-hybridized carbons (Fsp3) is 0.538. The molecular weight excluding hydrogens is 202 g/mol. The molecule has 90 valence electrons. The largest absolute Gasteiger partial charge is 0.393 e. The molecule has 4 N–H and O–H groups in total. The van der Waals surface area contributed by atoms with Crippen LogP contribution in [0.1, 0.15) is 18.9 Å². The minimum atomic E-state index is -0.598. The summed E-state index contributed by atoms with van der Waals surface area (Å²) in [5.41, 5.74) is 1.35. The molecule has 0 radical (unpaired) electrons. The average molecular weight is 224 g/mol. The molecule has 0 spiro atoms. The van der Waals surface area contributed by atoms with Crippen LogP contribution in [-0.4, -0.2) is 35.5 Å². The van der Waals surface area contributed by atoms with Crippen LogP contribution < -0.4 is 5.32 Å². The highest BCUT2D eigenvalue weighted by Gasteiger charge is 2.09. The molecule has 0 fully saturated rings. The van der Waals surface area contributed by atoms with Crippen molar-refractivity contribution in [3.05, 3.63) is 35.9 Å². The highest BCUT2D eigenvalue weighted by atomic mass is 16.3. The van der Waals surface area contributed by atoms with E-state index in [-0.39, 0.29) is 6.61 Å². The minimum Gasteiger partial charge on any atom is -0.393 e. The van der Waals surface area contributed by atoms with Gasteiger partial charge in [-0.25, -0.2) is 0 Å². The Hall–Kier alpha value is -0.900. The lowest BCUT2D eigenvalue weighted by Crippen LogP contribution is -2.91. The van der Waals surface area contributed by atoms with Gasteiger partial charge in [-0.15, -0.1) is 0 Å². The van der Waals surface area contributed by atoms with Crippen LogP contribution >= 0.6 is 0 Å². The van der Waals surface area contributed by atoms with Crippen LogP contribution in [0.2, 0.25) is 0 Å². The van der Waals surface area contributed by atoms with Gasteiger partial charge in [-0.1, -0.05) is 30.3 Å². The molecule has 2 atom stereocenters. The summed E-state index contributed by atoms with van der Waals surface area (Å²) < 4.78 is 0. The molecule has 3 heteroatoms. The van der Waals surface area contributed by atoms with Crippen LogP contribution in [-0.2, 0) is 6.42 Å². The van der Waals surface area contributed by atoms with Crippen molar-refractivity contribution < 1.29 is 15.5 Å². The summed E-state index contributed by atoms with van der Waals surface area (Å²) >= 11 is 0. The minimum absolute atomic E-state index is 0.151. The summed E-state index contributed by atoms with van der Waals surface area (Å²) in [5.74, 6) is 0. The SMILES string of the molecule is C[C@@H](CCc1ccccc1)[NH2+]C[C@@H](O)CO. The second-order valence-electron chi connectivity index (χ2n) is 4.31. The molecule has 0 aliphatic heterocycles.